The van der Waals surface area contributed by atoms with Crippen molar-refractivity contribution in [3.63, 3.8) is 0 Å². The second-order valence-electron chi connectivity index (χ2n) is 1.69. The Hall–Kier alpha value is -0.660. The van der Waals surface area contributed by atoms with E-state index in [2.05, 4.69) is 0 Å². The molecule has 0 atom stereocenters. The molecule has 0 saturated heterocycles. The van der Waals surface area contributed by atoms with E-state index in [1.165, 1.54) is 6.08 Å². The van der Waals surface area contributed by atoms with E-state index in [9.17, 15) is 8.78 Å². The van der Waals surface area contributed by atoms with Crippen LogP contribution < -0.4 is 0 Å². The molecule has 0 nitrogen and oxygen atoms in total. The van der Waals surface area contributed by atoms with Crippen LogP contribution in [0.2, 0.25) is 0 Å². The van der Waals surface area contributed by atoms with E-state index in [0.29, 0.717) is 6.42 Å². The molecular formula is C6H6F2. The van der Waals surface area contributed by atoms with Gasteiger partial charge >= 0.3 is 0 Å². The van der Waals surface area contributed by atoms with Crippen molar-refractivity contribution in [2.24, 2.45) is 0 Å². The Bertz CT molecular complexity index is 145. The SMILES string of the molecule is FC1=C(F)CCC=C1. The highest BCUT2D eigenvalue weighted by Crippen LogP contribution is 2.19. The van der Waals surface area contributed by atoms with Gasteiger partial charge in [0.05, 0.1) is 0 Å². The van der Waals surface area contributed by atoms with Gasteiger partial charge in [0.2, 0.25) is 0 Å². The maximum absolute atomic E-state index is 12.0. The molecule has 0 aromatic heterocycles. The fourth-order valence-electron chi connectivity index (χ4n) is 0.607. The molecule has 44 valence electrons. The zero-order valence-electron chi connectivity index (χ0n) is 4.32. The first-order chi connectivity index (χ1) is 3.80. The van der Waals surface area contributed by atoms with Gasteiger partial charge in [-0.25, -0.2) is 8.78 Å². The fraction of sp³-hybridized carbons (Fsp3) is 0.333. The number of halogens is 2. The Morgan fingerprint density at radius 1 is 1.38 bits per heavy atom. The quantitative estimate of drug-likeness (QED) is 0.456. The molecule has 0 N–H and O–H groups in total. The van der Waals surface area contributed by atoms with E-state index < -0.39 is 11.7 Å². The third kappa shape index (κ3) is 0.941. The summed E-state index contributed by atoms with van der Waals surface area (Å²) in [7, 11) is 0. The van der Waals surface area contributed by atoms with Crippen LogP contribution in [0.1, 0.15) is 12.8 Å². The van der Waals surface area contributed by atoms with E-state index in [1.807, 2.05) is 0 Å². The van der Waals surface area contributed by atoms with Crippen LogP contribution in [-0.4, -0.2) is 0 Å². The first-order valence-electron chi connectivity index (χ1n) is 2.51. The standard InChI is InChI=1S/C6H6F2/c7-5-3-1-2-4-6(5)8/h1,3H,2,4H2. The Morgan fingerprint density at radius 2 is 2.12 bits per heavy atom. The summed E-state index contributed by atoms with van der Waals surface area (Å²) in [4.78, 5) is 0. The van der Waals surface area contributed by atoms with Gasteiger partial charge in [-0.05, 0) is 12.5 Å². The molecule has 0 fully saturated rings. The van der Waals surface area contributed by atoms with Crippen molar-refractivity contribution >= 4 is 0 Å². The van der Waals surface area contributed by atoms with E-state index in [0.717, 1.165) is 0 Å². The monoisotopic (exact) mass is 116 g/mol. The normalized spacial score (nSPS) is 19.8. The molecule has 1 aliphatic carbocycles. The molecule has 0 aromatic rings. The molecule has 0 bridgehead atoms. The third-order valence-electron chi connectivity index (χ3n) is 1.05. The summed E-state index contributed by atoms with van der Waals surface area (Å²) in [6, 6.07) is 0. The van der Waals surface area contributed by atoms with Crippen molar-refractivity contribution in [1.29, 1.82) is 0 Å². The van der Waals surface area contributed by atoms with Crippen molar-refractivity contribution in [2.75, 3.05) is 0 Å². The molecule has 1 rings (SSSR count). The first-order valence-corrected chi connectivity index (χ1v) is 2.51. The smallest absolute Gasteiger partial charge is 0.154 e. The van der Waals surface area contributed by atoms with Crippen LogP contribution in [0.25, 0.3) is 0 Å². The van der Waals surface area contributed by atoms with Gasteiger partial charge in [-0.2, -0.15) is 0 Å². The van der Waals surface area contributed by atoms with Crippen LogP contribution >= 0.6 is 0 Å². The van der Waals surface area contributed by atoms with Crippen molar-refractivity contribution in [1.82, 2.24) is 0 Å². The van der Waals surface area contributed by atoms with Crippen molar-refractivity contribution in [3.05, 3.63) is 23.8 Å². The average molecular weight is 116 g/mol. The highest BCUT2D eigenvalue weighted by atomic mass is 19.2. The van der Waals surface area contributed by atoms with E-state index in [-0.39, 0.29) is 6.42 Å². The molecule has 0 heterocycles. The molecule has 0 radical (unpaired) electrons. The Balaban J connectivity index is 2.76. The summed E-state index contributed by atoms with van der Waals surface area (Å²) >= 11 is 0. The van der Waals surface area contributed by atoms with Crippen LogP contribution in [0.15, 0.2) is 23.8 Å². The van der Waals surface area contributed by atoms with Crippen LogP contribution in [0.4, 0.5) is 8.78 Å². The van der Waals surface area contributed by atoms with Gasteiger partial charge in [0, 0.05) is 6.42 Å². The minimum atomic E-state index is -0.712. The molecule has 0 aromatic carbocycles. The lowest BCUT2D eigenvalue weighted by atomic mass is 10.2. The number of hydrogen-bond acceptors (Lipinski definition) is 0. The zero-order valence-corrected chi connectivity index (χ0v) is 4.32. The molecular weight excluding hydrogens is 110 g/mol. The predicted molar refractivity (Wildman–Crippen MR) is 27.6 cm³/mol. The van der Waals surface area contributed by atoms with Crippen molar-refractivity contribution < 1.29 is 8.78 Å². The highest BCUT2D eigenvalue weighted by Gasteiger charge is 2.04. The van der Waals surface area contributed by atoms with Gasteiger partial charge in [0.25, 0.3) is 0 Å². The average Bonchev–Trinajstić information content (AvgIpc) is 1.77. The molecule has 8 heavy (non-hydrogen) atoms. The lowest BCUT2D eigenvalue weighted by molar-refractivity contribution is 0.516. The molecule has 1 aliphatic rings. The topological polar surface area (TPSA) is 0 Å². The minimum absolute atomic E-state index is 0.225. The maximum atomic E-state index is 12.0. The predicted octanol–water partition coefficient (Wildman–Crippen LogP) is 2.49. The molecule has 0 unspecified atom stereocenters. The summed E-state index contributed by atoms with van der Waals surface area (Å²) < 4.78 is 24.0. The van der Waals surface area contributed by atoms with E-state index >= 15 is 0 Å². The molecule has 2 heteroatoms. The van der Waals surface area contributed by atoms with E-state index in [4.69, 9.17) is 0 Å². The Kier molecular flexibility index (Phi) is 1.42. The zero-order chi connectivity index (χ0) is 5.98. The Labute approximate surface area is 46.5 Å². The second kappa shape index (κ2) is 2.07. The lowest BCUT2D eigenvalue weighted by Gasteiger charge is -1.98. The van der Waals surface area contributed by atoms with Crippen LogP contribution in [0.5, 0.6) is 0 Å². The largest absolute Gasteiger partial charge is 0.209 e. The maximum Gasteiger partial charge on any atom is 0.154 e. The van der Waals surface area contributed by atoms with Gasteiger partial charge in [0.1, 0.15) is 5.83 Å². The minimum Gasteiger partial charge on any atom is -0.209 e. The Morgan fingerprint density at radius 3 is 2.50 bits per heavy atom. The van der Waals surface area contributed by atoms with Gasteiger partial charge < -0.3 is 0 Å². The number of hydrogen-bond donors (Lipinski definition) is 0. The lowest BCUT2D eigenvalue weighted by Crippen LogP contribution is -1.83. The summed E-state index contributed by atoms with van der Waals surface area (Å²) in [5.74, 6) is -1.33. The molecule has 0 spiro atoms. The van der Waals surface area contributed by atoms with Crippen LogP contribution in [0.3, 0.4) is 0 Å². The van der Waals surface area contributed by atoms with Crippen LogP contribution in [-0.2, 0) is 0 Å². The van der Waals surface area contributed by atoms with Crippen LogP contribution in [0, 0.1) is 0 Å². The summed E-state index contributed by atoms with van der Waals surface area (Å²) in [6.07, 6.45) is 3.64. The van der Waals surface area contributed by atoms with Crippen molar-refractivity contribution in [3.8, 4) is 0 Å². The molecule has 0 saturated carbocycles. The van der Waals surface area contributed by atoms with Gasteiger partial charge in [0.15, 0.2) is 5.83 Å². The second-order valence-corrected chi connectivity index (χ2v) is 1.69. The highest BCUT2D eigenvalue weighted by molar-refractivity contribution is 5.19. The number of allylic oxidation sites excluding steroid dienone is 4. The van der Waals surface area contributed by atoms with Crippen molar-refractivity contribution in [2.45, 2.75) is 12.8 Å². The summed E-state index contributed by atoms with van der Waals surface area (Å²) in [5.41, 5.74) is 0. The van der Waals surface area contributed by atoms with Gasteiger partial charge in [-0.1, -0.05) is 6.08 Å². The third-order valence-corrected chi connectivity index (χ3v) is 1.05. The fourth-order valence-corrected chi connectivity index (χ4v) is 0.607. The van der Waals surface area contributed by atoms with E-state index in [1.54, 1.807) is 6.08 Å². The van der Waals surface area contributed by atoms with Gasteiger partial charge in [-0.3, -0.25) is 0 Å². The van der Waals surface area contributed by atoms with Gasteiger partial charge in [-0.15, -0.1) is 0 Å². The number of rotatable bonds is 0. The summed E-state index contributed by atoms with van der Waals surface area (Å²) in [5, 5.41) is 0. The molecule has 0 amide bonds. The summed E-state index contributed by atoms with van der Waals surface area (Å²) in [6.45, 7) is 0. The molecule has 0 aliphatic heterocycles. The first kappa shape index (κ1) is 5.48.